The van der Waals surface area contributed by atoms with Crippen LogP contribution in [0.3, 0.4) is 0 Å². The van der Waals surface area contributed by atoms with E-state index in [4.69, 9.17) is 0 Å². The number of amides is 1. The van der Waals surface area contributed by atoms with E-state index in [0.717, 1.165) is 12.8 Å². The van der Waals surface area contributed by atoms with Gasteiger partial charge in [-0.1, -0.05) is 18.2 Å². The van der Waals surface area contributed by atoms with Gasteiger partial charge in [0.05, 0.1) is 6.54 Å². The lowest BCUT2D eigenvalue weighted by Crippen LogP contribution is -2.23. The molecule has 1 amide bonds. The van der Waals surface area contributed by atoms with E-state index in [1.165, 1.54) is 4.88 Å². The van der Waals surface area contributed by atoms with Crippen LogP contribution in [0.4, 0.5) is 0 Å². The average Bonchev–Trinajstić information content (AvgIpc) is 2.86. The van der Waals surface area contributed by atoms with Crippen LogP contribution in [0.15, 0.2) is 29.7 Å². The smallest absolute Gasteiger partial charge is 0.220 e. The highest BCUT2D eigenvalue weighted by Crippen LogP contribution is 2.20. The Morgan fingerprint density at radius 1 is 1.60 bits per heavy atom. The minimum atomic E-state index is 0.167. The molecule has 1 atom stereocenters. The summed E-state index contributed by atoms with van der Waals surface area (Å²) in [4.78, 5) is 12.8. The molecular formula is C12H15NOS. The number of thiophene rings is 1. The first-order valence-corrected chi connectivity index (χ1v) is 6.18. The predicted molar refractivity (Wildman–Crippen MR) is 62.6 cm³/mol. The van der Waals surface area contributed by atoms with Gasteiger partial charge in [0.2, 0.25) is 5.91 Å². The number of hydrogen-bond donors (Lipinski definition) is 1. The summed E-state index contributed by atoms with van der Waals surface area (Å²) in [5.41, 5.74) is 0. The lowest BCUT2D eigenvalue weighted by Gasteiger charge is -2.07. The fourth-order valence-corrected chi connectivity index (χ4v) is 2.42. The van der Waals surface area contributed by atoms with E-state index < -0.39 is 0 Å². The summed E-state index contributed by atoms with van der Waals surface area (Å²) in [6, 6.07) is 4.05. The van der Waals surface area contributed by atoms with Crippen molar-refractivity contribution in [3.05, 3.63) is 34.5 Å². The molecule has 0 bridgehead atoms. The molecule has 1 aliphatic rings. The summed E-state index contributed by atoms with van der Waals surface area (Å²) >= 11 is 1.68. The van der Waals surface area contributed by atoms with Crippen LogP contribution in [0.2, 0.25) is 0 Å². The number of hydrogen-bond acceptors (Lipinski definition) is 2. The Morgan fingerprint density at radius 2 is 2.53 bits per heavy atom. The van der Waals surface area contributed by atoms with Gasteiger partial charge >= 0.3 is 0 Å². The summed E-state index contributed by atoms with van der Waals surface area (Å²) in [6.45, 7) is 0.674. The highest BCUT2D eigenvalue weighted by molar-refractivity contribution is 7.09. The fourth-order valence-electron chi connectivity index (χ4n) is 1.77. The first-order chi connectivity index (χ1) is 7.34. The molecule has 3 heteroatoms. The molecule has 2 rings (SSSR count). The Balaban J connectivity index is 1.70. The zero-order valence-corrected chi connectivity index (χ0v) is 9.43. The summed E-state index contributed by atoms with van der Waals surface area (Å²) < 4.78 is 0. The summed E-state index contributed by atoms with van der Waals surface area (Å²) in [7, 11) is 0. The van der Waals surface area contributed by atoms with Crippen molar-refractivity contribution in [2.45, 2.75) is 25.8 Å². The number of allylic oxidation sites excluding steroid dienone is 2. The monoisotopic (exact) mass is 221 g/mol. The molecule has 0 unspecified atom stereocenters. The van der Waals surface area contributed by atoms with Crippen molar-refractivity contribution in [3.63, 3.8) is 0 Å². The Morgan fingerprint density at radius 3 is 3.20 bits per heavy atom. The summed E-state index contributed by atoms with van der Waals surface area (Å²) in [6.07, 6.45) is 7.22. The molecular weight excluding hydrogens is 206 g/mol. The molecule has 1 aromatic heterocycles. The van der Waals surface area contributed by atoms with Crippen LogP contribution in [0.25, 0.3) is 0 Å². The van der Waals surface area contributed by atoms with Crippen molar-refractivity contribution in [1.82, 2.24) is 5.32 Å². The molecule has 80 valence electrons. The zero-order chi connectivity index (χ0) is 10.5. The quantitative estimate of drug-likeness (QED) is 0.778. The topological polar surface area (TPSA) is 29.1 Å². The predicted octanol–water partition coefficient (Wildman–Crippen LogP) is 2.72. The molecule has 15 heavy (non-hydrogen) atoms. The van der Waals surface area contributed by atoms with Gasteiger partial charge in [-0.05, 0) is 30.2 Å². The normalized spacial score (nSPS) is 19.3. The standard InChI is InChI=1S/C12H15NOS/c14-12(8-10-4-1-2-5-10)13-9-11-6-3-7-15-11/h1,3-4,6-7,10H,2,5,8-9H2,(H,13,14)/t10-/m1/s1. The van der Waals surface area contributed by atoms with E-state index in [2.05, 4.69) is 17.5 Å². The maximum absolute atomic E-state index is 11.6. The lowest BCUT2D eigenvalue weighted by molar-refractivity contribution is -0.121. The minimum absolute atomic E-state index is 0.167. The Hall–Kier alpha value is -1.09. The number of nitrogens with one attached hydrogen (secondary N) is 1. The average molecular weight is 221 g/mol. The third-order valence-corrected chi connectivity index (χ3v) is 3.48. The van der Waals surface area contributed by atoms with Gasteiger partial charge in [0.1, 0.15) is 0 Å². The van der Waals surface area contributed by atoms with E-state index >= 15 is 0 Å². The third-order valence-electron chi connectivity index (χ3n) is 2.60. The first-order valence-electron chi connectivity index (χ1n) is 5.30. The van der Waals surface area contributed by atoms with Crippen LogP contribution in [-0.2, 0) is 11.3 Å². The molecule has 1 aromatic rings. The number of carbonyl (C=O) groups excluding carboxylic acids is 1. The molecule has 0 spiro atoms. The second-order valence-electron chi connectivity index (χ2n) is 3.83. The second-order valence-corrected chi connectivity index (χ2v) is 4.86. The molecule has 2 nitrogen and oxygen atoms in total. The summed E-state index contributed by atoms with van der Waals surface area (Å²) in [5, 5.41) is 4.98. The van der Waals surface area contributed by atoms with Crippen molar-refractivity contribution in [2.24, 2.45) is 5.92 Å². The fraction of sp³-hybridized carbons (Fsp3) is 0.417. The van der Waals surface area contributed by atoms with Gasteiger partial charge in [0.25, 0.3) is 0 Å². The molecule has 0 saturated heterocycles. The van der Waals surface area contributed by atoms with Gasteiger partial charge in [0.15, 0.2) is 0 Å². The molecule has 1 heterocycles. The second kappa shape index (κ2) is 5.12. The van der Waals surface area contributed by atoms with Gasteiger partial charge in [-0.2, -0.15) is 0 Å². The molecule has 1 aliphatic carbocycles. The SMILES string of the molecule is O=C(C[C@@H]1C=CCC1)NCc1cccs1. The highest BCUT2D eigenvalue weighted by Gasteiger charge is 2.13. The minimum Gasteiger partial charge on any atom is -0.351 e. The van der Waals surface area contributed by atoms with Gasteiger partial charge in [-0.15, -0.1) is 11.3 Å². The van der Waals surface area contributed by atoms with Crippen molar-refractivity contribution in [2.75, 3.05) is 0 Å². The van der Waals surface area contributed by atoms with E-state index in [9.17, 15) is 4.79 Å². The summed E-state index contributed by atoms with van der Waals surface area (Å²) in [5.74, 6) is 0.633. The van der Waals surface area contributed by atoms with Crippen LogP contribution >= 0.6 is 11.3 Å². The van der Waals surface area contributed by atoms with Gasteiger partial charge in [-0.3, -0.25) is 4.79 Å². The van der Waals surface area contributed by atoms with Gasteiger partial charge in [-0.25, -0.2) is 0 Å². The van der Waals surface area contributed by atoms with Crippen LogP contribution in [0.1, 0.15) is 24.1 Å². The van der Waals surface area contributed by atoms with Crippen LogP contribution in [0.5, 0.6) is 0 Å². The third kappa shape index (κ3) is 3.20. The maximum Gasteiger partial charge on any atom is 0.220 e. The Bertz CT molecular complexity index is 343. The lowest BCUT2D eigenvalue weighted by atomic mass is 10.1. The van der Waals surface area contributed by atoms with Crippen LogP contribution < -0.4 is 5.32 Å². The zero-order valence-electron chi connectivity index (χ0n) is 8.61. The van der Waals surface area contributed by atoms with Gasteiger partial charge in [0, 0.05) is 11.3 Å². The van der Waals surface area contributed by atoms with E-state index in [1.807, 2.05) is 17.5 Å². The van der Waals surface area contributed by atoms with E-state index in [-0.39, 0.29) is 5.91 Å². The van der Waals surface area contributed by atoms with E-state index in [1.54, 1.807) is 11.3 Å². The maximum atomic E-state index is 11.6. The molecule has 0 radical (unpaired) electrons. The Kier molecular flexibility index (Phi) is 3.56. The van der Waals surface area contributed by atoms with Crippen LogP contribution in [0, 0.1) is 5.92 Å². The van der Waals surface area contributed by atoms with Crippen molar-refractivity contribution >= 4 is 17.2 Å². The molecule has 0 saturated carbocycles. The Labute approximate surface area is 94.0 Å². The largest absolute Gasteiger partial charge is 0.351 e. The van der Waals surface area contributed by atoms with E-state index in [0.29, 0.717) is 18.9 Å². The van der Waals surface area contributed by atoms with Crippen molar-refractivity contribution < 1.29 is 4.79 Å². The number of carbonyl (C=O) groups is 1. The van der Waals surface area contributed by atoms with Crippen molar-refractivity contribution in [3.8, 4) is 0 Å². The van der Waals surface area contributed by atoms with Crippen LogP contribution in [-0.4, -0.2) is 5.91 Å². The molecule has 0 fully saturated rings. The van der Waals surface area contributed by atoms with Crippen molar-refractivity contribution in [1.29, 1.82) is 0 Å². The highest BCUT2D eigenvalue weighted by atomic mass is 32.1. The first kappa shape index (κ1) is 10.4. The molecule has 1 N–H and O–H groups in total. The number of rotatable bonds is 4. The molecule has 0 aliphatic heterocycles. The van der Waals surface area contributed by atoms with Gasteiger partial charge < -0.3 is 5.32 Å². The molecule has 0 aromatic carbocycles.